The number of benzene rings is 1. The summed E-state index contributed by atoms with van der Waals surface area (Å²) < 4.78 is 57.3. The molecule has 1 aromatic carbocycles. The van der Waals surface area contributed by atoms with Crippen molar-refractivity contribution < 1.29 is 32.2 Å². The number of rotatable bonds is 5. The average molecular weight is 478 g/mol. The Balaban J connectivity index is 1.64. The number of nitriles is 1. The summed E-state index contributed by atoms with van der Waals surface area (Å²) in [6.45, 7) is 2.80. The number of nitrogens with zero attached hydrogens (tertiary/aromatic N) is 4. The molecule has 1 fully saturated rings. The first kappa shape index (κ1) is 23.9. The third-order valence-corrected chi connectivity index (χ3v) is 6.21. The topological polar surface area (TPSA) is 89.6 Å². The lowest BCUT2D eigenvalue weighted by atomic mass is 10.0. The molecule has 1 unspecified atom stereocenters. The van der Waals surface area contributed by atoms with Gasteiger partial charge < -0.3 is 19.1 Å². The second-order valence-electron chi connectivity index (χ2n) is 8.31. The van der Waals surface area contributed by atoms with Gasteiger partial charge in [0.2, 0.25) is 0 Å². The second-order valence-corrected chi connectivity index (χ2v) is 8.31. The molecule has 3 heterocycles. The fourth-order valence-electron chi connectivity index (χ4n) is 4.35. The molecule has 0 bridgehead atoms. The number of halogens is 3. The highest BCUT2D eigenvalue weighted by Crippen LogP contribution is 2.37. The summed E-state index contributed by atoms with van der Waals surface area (Å²) in [4.78, 5) is 15.1. The summed E-state index contributed by atoms with van der Waals surface area (Å²) in [5, 5.41) is 14.0. The van der Waals surface area contributed by atoms with E-state index in [1.165, 1.54) is 24.1 Å². The normalized spacial score (nSPS) is 17.6. The van der Waals surface area contributed by atoms with E-state index in [0.29, 0.717) is 26.2 Å². The predicted octanol–water partition coefficient (Wildman–Crippen LogP) is 3.64. The van der Waals surface area contributed by atoms with E-state index in [-0.39, 0.29) is 35.2 Å². The van der Waals surface area contributed by atoms with Crippen molar-refractivity contribution in [2.75, 3.05) is 26.9 Å². The first-order valence-electron chi connectivity index (χ1n) is 11.0. The van der Waals surface area contributed by atoms with Gasteiger partial charge in [0.1, 0.15) is 17.4 Å². The molecular formula is C23H25F3N4O4. The van der Waals surface area contributed by atoms with Gasteiger partial charge in [0.25, 0.3) is 5.91 Å². The van der Waals surface area contributed by atoms with Crippen LogP contribution >= 0.6 is 0 Å². The van der Waals surface area contributed by atoms with Crippen molar-refractivity contribution in [2.24, 2.45) is 0 Å². The smallest absolute Gasteiger partial charge is 0.425 e. The molecule has 0 spiro atoms. The molecule has 2 aliphatic heterocycles. The van der Waals surface area contributed by atoms with E-state index in [4.69, 9.17) is 14.2 Å². The van der Waals surface area contributed by atoms with Crippen molar-refractivity contribution in [3.63, 3.8) is 0 Å². The van der Waals surface area contributed by atoms with Gasteiger partial charge in [-0.05, 0) is 31.9 Å². The molecule has 2 aromatic rings. The zero-order chi connectivity index (χ0) is 24.5. The zero-order valence-corrected chi connectivity index (χ0v) is 18.9. The highest BCUT2D eigenvalue weighted by molar-refractivity contribution is 6.00. The third-order valence-electron chi connectivity index (χ3n) is 6.21. The van der Waals surface area contributed by atoms with Crippen LogP contribution in [0.1, 0.15) is 53.0 Å². The number of aromatic nitrogens is 2. The minimum Gasteiger partial charge on any atom is -0.494 e. The van der Waals surface area contributed by atoms with E-state index in [2.05, 4.69) is 5.10 Å². The van der Waals surface area contributed by atoms with Gasteiger partial charge in [-0.1, -0.05) is 0 Å². The van der Waals surface area contributed by atoms with Gasteiger partial charge in [-0.25, -0.2) is 0 Å². The molecule has 0 saturated carbocycles. The molecule has 11 heteroatoms. The fourth-order valence-corrected chi connectivity index (χ4v) is 4.35. The highest BCUT2D eigenvalue weighted by Gasteiger charge is 2.40. The van der Waals surface area contributed by atoms with Crippen molar-refractivity contribution in [1.29, 1.82) is 5.26 Å². The van der Waals surface area contributed by atoms with E-state index in [1.54, 1.807) is 6.20 Å². The molecular weight excluding hydrogens is 453 g/mol. The molecule has 1 amide bonds. The number of hydrogen-bond donors (Lipinski definition) is 0. The Labute approximate surface area is 194 Å². The molecule has 0 aliphatic carbocycles. The highest BCUT2D eigenvalue weighted by atomic mass is 19.4. The molecule has 1 aromatic heterocycles. The Morgan fingerprint density at radius 2 is 2.06 bits per heavy atom. The van der Waals surface area contributed by atoms with Crippen molar-refractivity contribution in [1.82, 2.24) is 14.7 Å². The van der Waals surface area contributed by atoms with E-state index >= 15 is 0 Å². The van der Waals surface area contributed by atoms with Gasteiger partial charge in [-0.15, -0.1) is 0 Å². The lowest BCUT2D eigenvalue weighted by molar-refractivity contribution is -0.189. The van der Waals surface area contributed by atoms with Crippen LogP contribution in [0.4, 0.5) is 13.2 Å². The Morgan fingerprint density at radius 3 is 2.71 bits per heavy atom. The number of ether oxygens (including phenoxy) is 3. The fraction of sp³-hybridized carbons (Fsp3) is 0.522. The Kier molecular flexibility index (Phi) is 6.70. The van der Waals surface area contributed by atoms with Crippen molar-refractivity contribution >= 4 is 5.91 Å². The van der Waals surface area contributed by atoms with Crippen molar-refractivity contribution in [3.8, 4) is 17.6 Å². The largest absolute Gasteiger partial charge is 0.494 e. The van der Waals surface area contributed by atoms with Crippen LogP contribution in [0.25, 0.3) is 0 Å². The van der Waals surface area contributed by atoms with Gasteiger partial charge in [0.15, 0.2) is 11.9 Å². The van der Waals surface area contributed by atoms with Crippen LogP contribution in [0.5, 0.6) is 11.5 Å². The molecule has 2 aliphatic rings. The van der Waals surface area contributed by atoms with Crippen molar-refractivity contribution in [3.05, 3.63) is 40.7 Å². The van der Waals surface area contributed by atoms with Crippen LogP contribution < -0.4 is 9.47 Å². The van der Waals surface area contributed by atoms with Gasteiger partial charge in [0, 0.05) is 44.0 Å². The van der Waals surface area contributed by atoms with E-state index < -0.39 is 18.2 Å². The van der Waals surface area contributed by atoms with Crippen LogP contribution in [-0.4, -0.2) is 59.7 Å². The molecule has 8 nitrogen and oxygen atoms in total. The van der Waals surface area contributed by atoms with Crippen LogP contribution in [0.3, 0.4) is 0 Å². The monoisotopic (exact) mass is 478 g/mol. The van der Waals surface area contributed by atoms with Crippen LogP contribution in [0.2, 0.25) is 0 Å². The van der Waals surface area contributed by atoms with Crippen LogP contribution in [0, 0.1) is 11.3 Å². The van der Waals surface area contributed by atoms with Gasteiger partial charge in [-0.2, -0.15) is 23.5 Å². The minimum atomic E-state index is -4.62. The Morgan fingerprint density at radius 1 is 1.32 bits per heavy atom. The molecule has 0 N–H and O–H groups in total. The number of hydrogen-bond acceptors (Lipinski definition) is 6. The summed E-state index contributed by atoms with van der Waals surface area (Å²) >= 11 is 0. The van der Waals surface area contributed by atoms with E-state index in [0.717, 1.165) is 31.0 Å². The molecule has 4 rings (SSSR count). The summed E-state index contributed by atoms with van der Waals surface area (Å²) in [6.07, 6.45) is -2.76. The van der Waals surface area contributed by atoms with E-state index in [9.17, 15) is 23.2 Å². The van der Waals surface area contributed by atoms with Gasteiger partial charge >= 0.3 is 6.18 Å². The third kappa shape index (κ3) is 4.55. The van der Waals surface area contributed by atoms with E-state index in [1.807, 2.05) is 10.8 Å². The SMILES string of the molecule is COc1c(C#N)ccc(OC(C)C(F)(F)F)c1C(=O)N1CCc2c(cnn2C2CCOCC2)C1. The number of amides is 1. The maximum absolute atomic E-state index is 13.5. The Hall–Kier alpha value is -3.26. The minimum absolute atomic E-state index is 0.0305. The average Bonchev–Trinajstić information content (AvgIpc) is 3.26. The second kappa shape index (κ2) is 9.54. The van der Waals surface area contributed by atoms with Gasteiger partial charge in [0.05, 0.1) is 24.9 Å². The first-order valence-corrected chi connectivity index (χ1v) is 11.0. The number of alkyl halides is 3. The van der Waals surface area contributed by atoms with Crippen molar-refractivity contribution in [2.45, 2.75) is 51.1 Å². The lowest BCUT2D eigenvalue weighted by Crippen LogP contribution is -2.38. The number of fused-ring (bicyclic) bond motifs is 1. The number of methoxy groups -OCH3 is 1. The maximum atomic E-state index is 13.5. The molecule has 34 heavy (non-hydrogen) atoms. The zero-order valence-electron chi connectivity index (χ0n) is 18.9. The molecule has 0 radical (unpaired) electrons. The quantitative estimate of drug-likeness (QED) is 0.652. The van der Waals surface area contributed by atoms with Crippen LogP contribution in [0.15, 0.2) is 18.3 Å². The van der Waals surface area contributed by atoms with Crippen LogP contribution in [-0.2, 0) is 17.7 Å². The predicted molar refractivity (Wildman–Crippen MR) is 114 cm³/mol. The Bertz CT molecular complexity index is 1100. The summed E-state index contributed by atoms with van der Waals surface area (Å²) in [5.41, 5.74) is 1.77. The molecule has 182 valence electrons. The van der Waals surface area contributed by atoms with Gasteiger partial charge in [-0.3, -0.25) is 9.48 Å². The number of carbonyl (C=O) groups excluding carboxylic acids is 1. The molecule has 1 saturated heterocycles. The standard InChI is InChI=1S/C23H25F3N4O4/c1-14(23(24,25)26)34-19-4-3-15(11-27)21(32-2)20(19)22(31)29-8-5-18-16(13-29)12-28-30(18)17-6-9-33-10-7-17/h3-4,12,14,17H,5-10,13H2,1-2H3. The maximum Gasteiger partial charge on any atom is 0.425 e. The summed E-state index contributed by atoms with van der Waals surface area (Å²) in [6, 6.07) is 4.64. The number of carbonyl (C=O) groups is 1. The summed E-state index contributed by atoms with van der Waals surface area (Å²) in [5.74, 6) is -0.958. The summed E-state index contributed by atoms with van der Waals surface area (Å²) in [7, 11) is 1.26. The lowest BCUT2D eigenvalue weighted by Gasteiger charge is -2.31. The molecule has 1 atom stereocenters. The first-order chi connectivity index (χ1) is 16.2.